The molecule has 2 heterocycles. The van der Waals surface area contributed by atoms with E-state index in [1.54, 1.807) is 23.1 Å². The molecule has 2 aromatic carbocycles. The maximum Gasteiger partial charge on any atom is 0.325 e. The van der Waals surface area contributed by atoms with Crippen LogP contribution in [0.15, 0.2) is 36.4 Å². The summed E-state index contributed by atoms with van der Waals surface area (Å²) in [6, 6.07) is 8.08. The zero-order chi connectivity index (χ0) is 22.7. The molecular weight excluding hydrogens is 443 g/mol. The number of nitrogens with zero attached hydrogens (tertiary/aromatic N) is 2. The Kier molecular flexibility index (Phi) is 6.42. The third-order valence-corrected chi connectivity index (χ3v) is 5.30. The average Bonchev–Trinajstić information content (AvgIpc) is 3.23. The van der Waals surface area contributed by atoms with E-state index < -0.39 is 23.7 Å². The van der Waals surface area contributed by atoms with Gasteiger partial charge in [-0.05, 0) is 30.3 Å². The highest BCUT2D eigenvalue weighted by molar-refractivity contribution is 6.31. The average molecular weight is 463 g/mol. The third kappa shape index (κ3) is 5.09. The molecule has 0 unspecified atom stereocenters. The summed E-state index contributed by atoms with van der Waals surface area (Å²) in [7, 11) is 0. The van der Waals surface area contributed by atoms with Crippen LogP contribution in [0.5, 0.6) is 11.5 Å². The number of hydrogen-bond donors (Lipinski definition) is 2. The minimum absolute atomic E-state index is 0.0118. The molecule has 0 radical (unpaired) electrons. The molecule has 0 saturated carbocycles. The summed E-state index contributed by atoms with van der Waals surface area (Å²) in [4.78, 5) is 40.2. The summed E-state index contributed by atoms with van der Waals surface area (Å²) in [5.41, 5.74) is 0.379. The molecule has 2 aromatic rings. The molecule has 0 aromatic heterocycles. The number of imide groups is 1. The van der Waals surface area contributed by atoms with Crippen LogP contribution < -0.4 is 20.1 Å². The Bertz CT molecular complexity index is 1060. The molecule has 1 fully saturated rings. The molecule has 168 valence electrons. The third-order valence-electron chi connectivity index (χ3n) is 5.07. The van der Waals surface area contributed by atoms with Crippen LogP contribution in [0.2, 0.25) is 5.02 Å². The van der Waals surface area contributed by atoms with E-state index in [9.17, 15) is 18.8 Å². The lowest BCUT2D eigenvalue weighted by atomic mass is 10.1. The predicted octanol–water partition coefficient (Wildman–Crippen LogP) is 2.31. The summed E-state index contributed by atoms with van der Waals surface area (Å²) in [6.45, 7) is 1.57. The second kappa shape index (κ2) is 9.41. The fourth-order valence-electron chi connectivity index (χ4n) is 3.45. The number of fused-ring (bicyclic) bond motifs is 1. The molecule has 32 heavy (non-hydrogen) atoms. The number of halogens is 2. The summed E-state index contributed by atoms with van der Waals surface area (Å²) >= 11 is 5.86. The number of urea groups is 1. The van der Waals surface area contributed by atoms with E-state index in [1.807, 2.05) is 0 Å². The minimum Gasteiger partial charge on any atom is -0.454 e. The molecule has 0 spiro atoms. The van der Waals surface area contributed by atoms with Crippen molar-refractivity contribution in [3.63, 3.8) is 0 Å². The summed E-state index contributed by atoms with van der Waals surface area (Å²) in [5.74, 6) is -0.460. The van der Waals surface area contributed by atoms with E-state index in [0.717, 1.165) is 6.07 Å². The highest BCUT2D eigenvalue weighted by atomic mass is 35.5. The monoisotopic (exact) mass is 462 g/mol. The van der Waals surface area contributed by atoms with Crippen LogP contribution in [0.25, 0.3) is 0 Å². The lowest BCUT2D eigenvalue weighted by Crippen LogP contribution is -2.51. The van der Waals surface area contributed by atoms with Gasteiger partial charge in [0.1, 0.15) is 5.82 Å². The standard InChI is InChI=1S/C21H20ClFN4O5/c22-13-1-3-16(23)15(9-13)20(29)27-7-5-26(6-8-27)11-19(28)25-21(30)24-14-2-4-17-18(10-14)32-12-31-17/h1-4,9-10H,5-8,11-12H2,(H2,24,25,28,30). The van der Waals surface area contributed by atoms with Crippen LogP contribution in [0.1, 0.15) is 10.4 Å². The number of rotatable bonds is 4. The van der Waals surface area contributed by atoms with Gasteiger partial charge in [0.25, 0.3) is 5.91 Å². The van der Waals surface area contributed by atoms with Crippen molar-refractivity contribution in [3.8, 4) is 11.5 Å². The van der Waals surface area contributed by atoms with Crippen molar-refractivity contribution in [2.45, 2.75) is 0 Å². The lowest BCUT2D eigenvalue weighted by Gasteiger charge is -2.34. The highest BCUT2D eigenvalue weighted by Crippen LogP contribution is 2.34. The number of carbonyl (C=O) groups is 3. The van der Waals surface area contributed by atoms with E-state index in [4.69, 9.17) is 21.1 Å². The molecule has 0 aliphatic carbocycles. The minimum atomic E-state index is -0.667. The van der Waals surface area contributed by atoms with Crippen LogP contribution in [0, 0.1) is 5.82 Å². The summed E-state index contributed by atoms with van der Waals surface area (Å²) < 4.78 is 24.4. The van der Waals surface area contributed by atoms with Gasteiger partial charge in [-0.25, -0.2) is 9.18 Å². The Labute approximate surface area is 188 Å². The van der Waals surface area contributed by atoms with E-state index in [0.29, 0.717) is 43.4 Å². The highest BCUT2D eigenvalue weighted by Gasteiger charge is 2.25. The Hall–Kier alpha value is -3.37. The fraction of sp³-hybridized carbons (Fsp3) is 0.286. The normalized spacial score (nSPS) is 15.4. The van der Waals surface area contributed by atoms with Crippen molar-refractivity contribution < 1.29 is 28.2 Å². The zero-order valence-corrected chi connectivity index (χ0v) is 17.7. The van der Waals surface area contributed by atoms with Gasteiger partial charge in [0.15, 0.2) is 11.5 Å². The van der Waals surface area contributed by atoms with Crippen LogP contribution in [0.4, 0.5) is 14.9 Å². The number of hydrogen-bond acceptors (Lipinski definition) is 6. The Morgan fingerprint density at radius 3 is 2.53 bits per heavy atom. The molecule has 2 aliphatic heterocycles. The fourth-order valence-corrected chi connectivity index (χ4v) is 3.62. The van der Waals surface area contributed by atoms with Gasteiger partial charge in [-0.1, -0.05) is 11.6 Å². The van der Waals surface area contributed by atoms with Gasteiger partial charge in [0.05, 0.1) is 12.1 Å². The van der Waals surface area contributed by atoms with Gasteiger partial charge >= 0.3 is 6.03 Å². The molecular formula is C21H20ClFN4O5. The number of carbonyl (C=O) groups excluding carboxylic acids is 3. The van der Waals surface area contributed by atoms with E-state index in [1.165, 1.54) is 17.0 Å². The van der Waals surface area contributed by atoms with Gasteiger partial charge in [0, 0.05) is 43.0 Å². The maximum absolute atomic E-state index is 13.9. The second-order valence-electron chi connectivity index (χ2n) is 7.26. The summed E-state index contributed by atoms with van der Waals surface area (Å²) in [6.07, 6.45) is 0. The Balaban J connectivity index is 1.23. The molecule has 4 rings (SSSR count). The summed E-state index contributed by atoms with van der Waals surface area (Å²) in [5, 5.41) is 5.12. The molecule has 4 amide bonds. The number of piperazine rings is 1. The first kappa shape index (κ1) is 21.8. The van der Waals surface area contributed by atoms with Gasteiger partial charge in [0.2, 0.25) is 12.7 Å². The maximum atomic E-state index is 13.9. The van der Waals surface area contributed by atoms with Gasteiger partial charge in [-0.3, -0.25) is 19.8 Å². The number of ether oxygens (including phenoxy) is 2. The second-order valence-corrected chi connectivity index (χ2v) is 7.70. The topological polar surface area (TPSA) is 100 Å². The van der Waals surface area contributed by atoms with E-state index >= 15 is 0 Å². The van der Waals surface area contributed by atoms with Crippen LogP contribution >= 0.6 is 11.6 Å². The molecule has 2 N–H and O–H groups in total. The predicted molar refractivity (Wildman–Crippen MR) is 113 cm³/mol. The first-order valence-electron chi connectivity index (χ1n) is 9.86. The van der Waals surface area contributed by atoms with Gasteiger partial charge in [-0.15, -0.1) is 0 Å². The number of nitrogens with one attached hydrogen (secondary N) is 2. The Morgan fingerprint density at radius 1 is 1.00 bits per heavy atom. The zero-order valence-electron chi connectivity index (χ0n) is 16.9. The molecule has 2 aliphatic rings. The van der Waals surface area contributed by atoms with Crippen molar-refractivity contribution in [1.29, 1.82) is 0 Å². The van der Waals surface area contributed by atoms with Crippen molar-refractivity contribution >= 4 is 35.1 Å². The Morgan fingerprint density at radius 2 is 1.75 bits per heavy atom. The van der Waals surface area contributed by atoms with E-state index in [-0.39, 0.29) is 23.9 Å². The van der Waals surface area contributed by atoms with Crippen LogP contribution in [-0.4, -0.2) is 67.2 Å². The van der Waals surface area contributed by atoms with Crippen molar-refractivity contribution in [1.82, 2.24) is 15.1 Å². The quantitative estimate of drug-likeness (QED) is 0.723. The van der Waals surface area contributed by atoms with Gasteiger partial charge in [-0.2, -0.15) is 0 Å². The first-order valence-corrected chi connectivity index (χ1v) is 10.2. The number of amides is 4. The van der Waals surface area contributed by atoms with Crippen molar-refractivity contribution in [3.05, 3.63) is 52.8 Å². The smallest absolute Gasteiger partial charge is 0.325 e. The van der Waals surface area contributed by atoms with Crippen LogP contribution in [-0.2, 0) is 4.79 Å². The molecule has 0 atom stereocenters. The molecule has 0 bridgehead atoms. The number of anilines is 1. The largest absolute Gasteiger partial charge is 0.454 e. The SMILES string of the molecule is O=C(CN1CCN(C(=O)c2cc(Cl)ccc2F)CC1)NC(=O)Nc1ccc2c(c1)OCO2. The number of benzene rings is 2. The van der Waals surface area contributed by atoms with E-state index in [2.05, 4.69) is 10.6 Å². The molecule has 11 heteroatoms. The van der Waals surface area contributed by atoms with Crippen molar-refractivity contribution in [2.24, 2.45) is 0 Å². The lowest BCUT2D eigenvalue weighted by molar-refractivity contribution is -0.121. The first-order chi connectivity index (χ1) is 15.4. The van der Waals surface area contributed by atoms with Crippen LogP contribution in [0.3, 0.4) is 0 Å². The molecule has 1 saturated heterocycles. The molecule has 9 nitrogen and oxygen atoms in total. The van der Waals surface area contributed by atoms with Crippen molar-refractivity contribution in [2.75, 3.05) is 44.8 Å². The van der Waals surface area contributed by atoms with Gasteiger partial charge < -0.3 is 19.7 Å².